The maximum atomic E-state index is 11.4. The van der Waals surface area contributed by atoms with Crippen LogP contribution in [0.1, 0.15) is 5.56 Å². The molecular weight excluding hydrogens is 258 g/mol. The van der Waals surface area contributed by atoms with Crippen LogP contribution >= 0.6 is 11.6 Å². The van der Waals surface area contributed by atoms with Crippen molar-refractivity contribution >= 4 is 23.6 Å². The minimum Gasteiger partial charge on any atom is -0.496 e. The summed E-state index contributed by atoms with van der Waals surface area (Å²) in [6.07, 6.45) is 1.44. The summed E-state index contributed by atoms with van der Waals surface area (Å²) in [6.45, 7) is 0. The molecule has 0 saturated carbocycles. The largest absolute Gasteiger partial charge is 0.496 e. The standard InChI is InChI=1S/C11H12ClN3O3/c1-17-10-6-8(12)4-3-7(10)5-9(14-15-13)11(16)18-2/h3-6H,1-2H3,(H2,13,14)/b9-5-. The van der Waals surface area contributed by atoms with Gasteiger partial charge in [-0.2, -0.15) is 0 Å². The molecule has 0 aliphatic carbocycles. The summed E-state index contributed by atoms with van der Waals surface area (Å²) in [4.78, 5) is 11.4. The lowest BCUT2D eigenvalue weighted by atomic mass is 10.1. The van der Waals surface area contributed by atoms with Crippen molar-refractivity contribution in [3.05, 3.63) is 34.5 Å². The topological polar surface area (TPSA) is 86.3 Å². The molecule has 0 aliphatic heterocycles. The molecule has 0 aliphatic rings. The molecule has 0 amide bonds. The molecular formula is C11H12ClN3O3. The van der Waals surface area contributed by atoms with Gasteiger partial charge in [-0.25, -0.2) is 4.79 Å². The number of carbonyl (C=O) groups is 1. The van der Waals surface area contributed by atoms with E-state index < -0.39 is 5.97 Å². The van der Waals surface area contributed by atoms with E-state index in [9.17, 15) is 4.79 Å². The van der Waals surface area contributed by atoms with Gasteiger partial charge in [0.15, 0.2) is 5.70 Å². The molecule has 6 nitrogen and oxygen atoms in total. The second-order valence-electron chi connectivity index (χ2n) is 3.12. The maximum Gasteiger partial charge on any atom is 0.358 e. The molecule has 0 spiro atoms. The zero-order valence-electron chi connectivity index (χ0n) is 9.88. The van der Waals surface area contributed by atoms with Gasteiger partial charge in [0.25, 0.3) is 0 Å². The molecule has 0 unspecified atom stereocenters. The van der Waals surface area contributed by atoms with Crippen molar-refractivity contribution in [3.63, 3.8) is 0 Å². The van der Waals surface area contributed by atoms with Crippen molar-refractivity contribution in [3.8, 4) is 5.75 Å². The highest BCUT2D eigenvalue weighted by Gasteiger charge is 2.11. The van der Waals surface area contributed by atoms with Crippen LogP contribution in [0, 0.1) is 0 Å². The molecule has 0 saturated heterocycles. The van der Waals surface area contributed by atoms with Crippen LogP contribution in [0.3, 0.4) is 0 Å². The molecule has 18 heavy (non-hydrogen) atoms. The van der Waals surface area contributed by atoms with Crippen molar-refractivity contribution in [2.45, 2.75) is 0 Å². The van der Waals surface area contributed by atoms with Crippen LogP contribution < -0.4 is 10.6 Å². The maximum absolute atomic E-state index is 11.4. The van der Waals surface area contributed by atoms with Gasteiger partial charge in [-0.05, 0) is 24.3 Å². The zero-order chi connectivity index (χ0) is 13.5. The number of methoxy groups -OCH3 is 2. The summed E-state index contributed by atoms with van der Waals surface area (Å²) in [6, 6.07) is 4.95. The Bertz CT molecular complexity index is 500. The van der Waals surface area contributed by atoms with Crippen LogP contribution in [0.4, 0.5) is 0 Å². The fraction of sp³-hybridized carbons (Fsp3) is 0.182. The second-order valence-corrected chi connectivity index (χ2v) is 3.56. The number of ether oxygens (including phenoxy) is 2. The van der Waals surface area contributed by atoms with Crippen molar-refractivity contribution in [2.24, 2.45) is 16.2 Å². The Hall–Kier alpha value is -2.08. The third-order valence-electron chi connectivity index (χ3n) is 2.05. The predicted molar refractivity (Wildman–Crippen MR) is 67.0 cm³/mol. The number of hydrogen-bond acceptors (Lipinski definition) is 5. The van der Waals surface area contributed by atoms with E-state index in [0.29, 0.717) is 16.3 Å². The summed E-state index contributed by atoms with van der Waals surface area (Å²) in [5.74, 6) is 4.77. The van der Waals surface area contributed by atoms with Gasteiger partial charge in [-0.1, -0.05) is 16.8 Å². The van der Waals surface area contributed by atoms with Crippen LogP contribution in [0.5, 0.6) is 5.75 Å². The Labute approximate surface area is 109 Å². The van der Waals surface area contributed by atoms with Gasteiger partial charge in [0, 0.05) is 10.6 Å². The van der Waals surface area contributed by atoms with E-state index in [1.807, 2.05) is 0 Å². The minimum absolute atomic E-state index is 0.0411. The highest BCUT2D eigenvalue weighted by atomic mass is 35.5. The lowest BCUT2D eigenvalue weighted by Gasteiger charge is -2.05. The molecule has 7 heteroatoms. The van der Waals surface area contributed by atoms with Gasteiger partial charge >= 0.3 is 5.97 Å². The Kier molecular flexibility index (Phi) is 5.13. The first-order valence-electron chi connectivity index (χ1n) is 4.87. The Morgan fingerprint density at radius 1 is 1.44 bits per heavy atom. The lowest BCUT2D eigenvalue weighted by Crippen LogP contribution is -2.03. The van der Waals surface area contributed by atoms with E-state index >= 15 is 0 Å². The average molecular weight is 270 g/mol. The molecule has 0 heterocycles. The van der Waals surface area contributed by atoms with Gasteiger partial charge in [0.2, 0.25) is 0 Å². The number of esters is 1. The number of hydrogen-bond donors (Lipinski definition) is 1. The number of nitrogens with zero attached hydrogens (tertiary/aromatic N) is 2. The van der Waals surface area contributed by atoms with Crippen LogP contribution in [-0.4, -0.2) is 20.2 Å². The zero-order valence-corrected chi connectivity index (χ0v) is 10.6. The third-order valence-corrected chi connectivity index (χ3v) is 2.28. The summed E-state index contributed by atoms with van der Waals surface area (Å²) in [5.41, 5.74) is 0.565. The van der Waals surface area contributed by atoms with Crippen LogP contribution in [0.15, 0.2) is 34.2 Å². The van der Waals surface area contributed by atoms with Gasteiger partial charge in [-0.3, -0.25) is 0 Å². The SMILES string of the molecule is COC(=O)/C(=C/c1ccc(Cl)cc1OC)N=NN. The predicted octanol–water partition coefficient (Wildman–Crippen LogP) is 2.19. The minimum atomic E-state index is -0.652. The first kappa shape index (κ1) is 14.0. The first-order chi connectivity index (χ1) is 8.62. The van der Waals surface area contributed by atoms with Crippen LogP contribution in [0.25, 0.3) is 6.08 Å². The molecule has 0 radical (unpaired) electrons. The molecule has 2 N–H and O–H groups in total. The third kappa shape index (κ3) is 3.46. The van der Waals surface area contributed by atoms with Crippen molar-refractivity contribution in [1.82, 2.24) is 0 Å². The molecule has 96 valence electrons. The number of nitrogens with two attached hydrogens (primary N) is 1. The smallest absolute Gasteiger partial charge is 0.358 e. The molecule has 0 fully saturated rings. The van der Waals surface area contributed by atoms with Gasteiger partial charge < -0.3 is 15.3 Å². The fourth-order valence-corrected chi connectivity index (χ4v) is 1.41. The Morgan fingerprint density at radius 2 is 2.17 bits per heavy atom. The van der Waals surface area contributed by atoms with Crippen LogP contribution in [0.2, 0.25) is 5.02 Å². The second kappa shape index (κ2) is 6.61. The van der Waals surface area contributed by atoms with E-state index in [-0.39, 0.29) is 5.70 Å². The number of halogens is 1. The highest BCUT2D eigenvalue weighted by Crippen LogP contribution is 2.25. The van der Waals surface area contributed by atoms with E-state index in [1.165, 1.54) is 20.3 Å². The number of benzene rings is 1. The van der Waals surface area contributed by atoms with Gasteiger partial charge in [-0.15, -0.1) is 5.11 Å². The molecule has 1 aromatic rings. The summed E-state index contributed by atoms with van der Waals surface area (Å²) in [7, 11) is 2.73. The number of carbonyl (C=O) groups excluding carboxylic acids is 1. The fourth-order valence-electron chi connectivity index (χ4n) is 1.25. The van der Waals surface area contributed by atoms with Crippen molar-refractivity contribution < 1.29 is 14.3 Å². The Morgan fingerprint density at radius 3 is 2.72 bits per heavy atom. The van der Waals surface area contributed by atoms with Gasteiger partial charge in [0.1, 0.15) is 5.75 Å². The van der Waals surface area contributed by atoms with Crippen molar-refractivity contribution in [2.75, 3.05) is 14.2 Å². The van der Waals surface area contributed by atoms with E-state index in [4.69, 9.17) is 22.2 Å². The van der Waals surface area contributed by atoms with E-state index in [1.54, 1.807) is 18.2 Å². The quantitative estimate of drug-likeness (QED) is 0.298. The van der Waals surface area contributed by atoms with Crippen LogP contribution in [-0.2, 0) is 9.53 Å². The van der Waals surface area contributed by atoms with Crippen molar-refractivity contribution in [1.29, 1.82) is 0 Å². The van der Waals surface area contributed by atoms with Gasteiger partial charge in [0.05, 0.1) is 14.2 Å². The molecule has 1 aromatic carbocycles. The molecule has 1 rings (SSSR count). The highest BCUT2D eigenvalue weighted by molar-refractivity contribution is 6.30. The van der Waals surface area contributed by atoms with E-state index in [2.05, 4.69) is 15.1 Å². The van der Waals surface area contributed by atoms with E-state index in [0.717, 1.165) is 0 Å². The molecule has 0 aromatic heterocycles. The molecule has 0 atom stereocenters. The summed E-state index contributed by atoms with van der Waals surface area (Å²) in [5, 5.41) is 7.07. The lowest BCUT2D eigenvalue weighted by molar-refractivity contribution is -0.136. The monoisotopic (exact) mass is 269 g/mol. The number of rotatable bonds is 4. The average Bonchev–Trinajstić information content (AvgIpc) is 2.39. The summed E-state index contributed by atoms with van der Waals surface area (Å²) >= 11 is 5.83. The summed E-state index contributed by atoms with van der Waals surface area (Å²) < 4.78 is 9.68. The first-order valence-corrected chi connectivity index (χ1v) is 5.24. The Balaban J connectivity index is 3.23. The normalized spacial score (nSPS) is 11.6. The molecule has 0 bridgehead atoms.